The minimum Gasteiger partial charge on any atom is -0.292 e. The summed E-state index contributed by atoms with van der Waals surface area (Å²) in [5, 5.41) is 9.87. The monoisotopic (exact) mass is 296 g/mol. The summed E-state index contributed by atoms with van der Waals surface area (Å²) >= 11 is 5.90. The zero-order valence-electron chi connectivity index (χ0n) is 11.5. The molecule has 1 atom stereocenters. The Morgan fingerprint density at radius 2 is 1.81 bits per heavy atom. The number of carbonyl (C=O) groups is 1. The summed E-state index contributed by atoms with van der Waals surface area (Å²) in [5.74, 6) is -1.25. The van der Waals surface area contributed by atoms with Crippen LogP contribution in [0.5, 0.6) is 0 Å². The second kappa shape index (κ2) is 6.83. The number of nitrogens with zero attached hydrogens (tertiary/aromatic N) is 2. The van der Waals surface area contributed by atoms with E-state index in [1.165, 1.54) is 0 Å². The number of hydrogen-bond acceptors (Lipinski definition) is 3. The third-order valence-electron chi connectivity index (χ3n) is 3.08. The molecule has 0 amide bonds. The Morgan fingerprint density at radius 3 is 2.38 bits per heavy atom. The first-order chi connectivity index (χ1) is 10.2. The normalized spacial score (nSPS) is 12.5. The van der Waals surface area contributed by atoms with Gasteiger partial charge in [0.05, 0.1) is 11.8 Å². The molecule has 0 bridgehead atoms. The maximum atomic E-state index is 12.5. The van der Waals surface area contributed by atoms with E-state index in [-0.39, 0.29) is 5.78 Å². The second-order valence-corrected chi connectivity index (χ2v) is 4.85. The number of ketones is 1. The zero-order chi connectivity index (χ0) is 15.2. The molecule has 0 saturated carbocycles. The van der Waals surface area contributed by atoms with Gasteiger partial charge in [0.25, 0.3) is 0 Å². The molecule has 0 heterocycles. The highest BCUT2D eigenvalue weighted by Crippen LogP contribution is 2.18. The number of benzene rings is 2. The Kier molecular flexibility index (Phi) is 4.86. The molecular weight excluding hydrogens is 284 g/mol. The number of halogens is 1. The van der Waals surface area contributed by atoms with Crippen molar-refractivity contribution in [3.8, 4) is 6.07 Å². The Balaban J connectivity index is 2.40. The van der Waals surface area contributed by atoms with Crippen LogP contribution >= 0.6 is 11.6 Å². The molecule has 0 saturated heterocycles. The average molecular weight is 297 g/mol. The average Bonchev–Trinajstić information content (AvgIpc) is 2.52. The summed E-state index contributed by atoms with van der Waals surface area (Å²) in [4.78, 5) is 16.7. The highest BCUT2D eigenvalue weighted by molar-refractivity contribution is 6.31. The van der Waals surface area contributed by atoms with Crippen molar-refractivity contribution in [1.29, 1.82) is 5.26 Å². The van der Waals surface area contributed by atoms with Gasteiger partial charge in [0.15, 0.2) is 11.7 Å². The van der Waals surface area contributed by atoms with Crippen molar-refractivity contribution in [2.75, 3.05) is 7.05 Å². The van der Waals surface area contributed by atoms with E-state index in [1.54, 1.807) is 31.3 Å². The van der Waals surface area contributed by atoms with Gasteiger partial charge in [-0.25, -0.2) is 0 Å². The van der Waals surface area contributed by atoms with Crippen molar-refractivity contribution >= 4 is 23.1 Å². The number of Topliss-reactive ketones (excluding diaryl/α,β-unsaturated/α-hetero) is 1. The molecule has 3 nitrogen and oxygen atoms in total. The van der Waals surface area contributed by atoms with E-state index in [0.717, 1.165) is 5.56 Å². The summed E-state index contributed by atoms with van der Waals surface area (Å²) in [7, 11) is 1.58. The molecule has 0 N–H and O–H groups in total. The molecule has 0 aliphatic rings. The number of rotatable bonds is 4. The van der Waals surface area contributed by atoms with Crippen molar-refractivity contribution < 1.29 is 4.79 Å². The lowest BCUT2D eigenvalue weighted by molar-refractivity contribution is 0.0975. The van der Waals surface area contributed by atoms with Gasteiger partial charge < -0.3 is 0 Å². The van der Waals surface area contributed by atoms with Gasteiger partial charge in [-0.05, 0) is 17.7 Å². The van der Waals surface area contributed by atoms with Gasteiger partial charge in [-0.3, -0.25) is 9.79 Å². The van der Waals surface area contributed by atoms with Crippen molar-refractivity contribution in [2.24, 2.45) is 10.9 Å². The van der Waals surface area contributed by atoms with E-state index in [1.807, 2.05) is 36.4 Å². The van der Waals surface area contributed by atoms with Crippen LogP contribution in [0.1, 0.15) is 15.9 Å². The lowest BCUT2D eigenvalue weighted by Crippen LogP contribution is -2.24. The van der Waals surface area contributed by atoms with Gasteiger partial charge in [0, 0.05) is 17.6 Å². The molecule has 104 valence electrons. The molecule has 21 heavy (non-hydrogen) atoms. The first-order valence-electron chi connectivity index (χ1n) is 6.39. The molecule has 2 rings (SSSR count). The SMILES string of the molecule is CN=C(c1ccccc1)C(C#N)C(=O)c1cccc(Cl)c1. The van der Waals surface area contributed by atoms with Gasteiger partial charge in [-0.1, -0.05) is 54.1 Å². The molecule has 1 unspecified atom stereocenters. The maximum Gasteiger partial charge on any atom is 0.186 e. The van der Waals surface area contributed by atoms with E-state index in [0.29, 0.717) is 16.3 Å². The summed E-state index contributed by atoms with van der Waals surface area (Å²) in [6.45, 7) is 0. The summed E-state index contributed by atoms with van der Waals surface area (Å²) < 4.78 is 0. The Labute approximate surface area is 128 Å². The molecule has 2 aromatic rings. The highest BCUT2D eigenvalue weighted by atomic mass is 35.5. The summed E-state index contributed by atoms with van der Waals surface area (Å²) in [6, 6.07) is 17.9. The van der Waals surface area contributed by atoms with Gasteiger partial charge in [0.2, 0.25) is 0 Å². The fourth-order valence-electron chi connectivity index (χ4n) is 2.09. The molecule has 0 aliphatic carbocycles. The van der Waals surface area contributed by atoms with Crippen molar-refractivity contribution in [3.63, 3.8) is 0 Å². The van der Waals surface area contributed by atoms with Crippen LogP contribution in [0.15, 0.2) is 59.6 Å². The highest BCUT2D eigenvalue weighted by Gasteiger charge is 2.26. The quantitative estimate of drug-likeness (QED) is 0.637. The van der Waals surface area contributed by atoms with Gasteiger partial charge >= 0.3 is 0 Å². The number of aliphatic imine (C=N–C) groups is 1. The number of hydrogen-bond donors (Lipinski definition) is 0. The van der Waals surface area contributed by atoms with E-state index >= 15 is 0 Å². The molecule has 2 aromatic carbocycles. The molecule has 0 spiro atoms. The predicted octanol–water partition coefficient (Wildman–Crippen LogP) is 3.78. The molecule has 0 radical (unpaired) electrons. The predicted molar refractivity (Wildman–Crippen MR) is 83.8 cm³/mol. The maximum absolute atomic E-state index is 12.5. The number of nitriles is 1. The first kappa shape index (κ1) is 15.0. The molecule has 0 aliphatic heterocycles. The lowest BCUT2D eigenvalue weighted by atomic mass is 9.90. The third-order valence-corrected chi connectivity index (χ3v) is 3.32. The minimum absolute atomic E-state index is 0.301. The second-order valence-electron chi connectivity index (χ2n) is 4.41. The molecular formula is C17H13ClN2O. The Hall–Kier alpha value is -2.44. The third kappa shape index (κ3) is 3.36. The van der Waals surface area contributed by atoms with Gasteiger partial charge in [-0.15, -0.1) is 0 Å². The molecule has 0 aromatic heterocycles. The lowest BCUT2D eigenvalue weighted by Gasteiger charge is -2.12. The Morgan fingerprint density at radius 1 is 1.14 bits per heavy atom. The van der Waals surface area contributed by atoms with E-state index in [4.69, 9.17) is 11.6 Å². The van der Waals surface area contributed by atoms with Crippen LogP contribution in [0.4, 0.5) is 0 Å². The van der Waals surface area contributed by atoms with E-state index in [2.05, 4.69) is 4.99 Å². The van der Waals surface area contributed by atoms with Crippen LogP contribution in [0.25, 0.3) is 0 Å². The summed E-state index contributed by atoms with van der Waals surface area (Å²) in [6.07, 6.45) is 0. The zero-order valence-corrected chi connectivity index (χ0v) is 12.2. The standard InChI is InChI=1S/C17H13ClN2O/c1-20-16(12-6-3-2-4-7-12)15(11-19)17(21)13-8-5-9-14(18)10-13/h2-10,15H,1H3. The smallest absolute Gasteiger partial charge is 0.186 e. The van der Waals surface area contributed by atoms with Crippen molar-refractivity contribution in [1.82, 2.24) is 0 Å². The van der Waals surface area contributed by atoms with Crippen LogP contribution in [0.3, 0.4) is 0 Å². The van der Waals surface area contributed by atoms with Crippen LogP contribution < -0.4 is 0 Å². The van der Waals surface area contributed by atoms with Crippen molar-refractivity contribution in [2.45, 2.75) is 0 Å². The minimum atomic E-state index is -0.948. The van der Waals surface area contributed by atoms with Crippen LogP contribution in [0.2, 0.25) is 5.02 Å². The molecule has 4 heteroatoms. The number of carbonyl (C=O) groups excluding carboxylic acids is 1. The van der Waals surface area contributed by atoms with E-state index < -0.39 is 5.92 Å². The van der Waals surface area contributed by atoms with Crippen LogP contribution in [-0.4, -0.2) is 18.5 Å². The van der Waals surface area contributed by atoms with Crippen molar-refractivity contribution in [3.05, 3.63) is 70.7 Å². The fraction of sp³-hybridized carbons (Fsp3) is 0.118. The fourth-order valence-corrected chi connectivity index (χ4v) is 2.28. The summed E-state index contributed by atoms with van der Waals surface area (Å²) in [5.41, 5.74) is 1.64. The Bertz CT molecular complexity index is 717. The van der Waals surface area contributed by atoms with Crippen LogP contribution in [-0.2, 0) is 0 Å². The van der Waals surface area contributed by atoms with Crippen LogP contribution in [0, 0.1) is 17.2 Å². The topological polar surface area (TPSA) is 53.2 Å². The van der Waals surface area contributed by atoms with E-state index in [9.17, 15) is 10.1 Å². The molecule has 0 fully saturated rings. The largest absolute Gasteiger partial charge is 0.292 e. The first-order valence-corrected chi connectivity index (χ1v) is 6.76. The van der Waals surface area contributed by atoms with Gasteiger partial charge in [0.1, 0.15) is 0 Å². The van der Waals surface area contributed by atoms with Gasteiger partial charge in [-0.2, -0.15) is 5.26 Å².